The molecule has 5 nitrogen and oxygen atoms in total. The average molecular weight is 338 g/mol. The van der Waals surface area contributed by atoms with E-state index in [0.29, 0.717) is 24.5 Å². The summed E-state index contributed by atoms with van der Waals surface area (Å²) in [6.07, 6.45) is 0. The summed E-state index contributed by atoms with van der Waals surface area (Å²) >= 11 is 0. The Morgan fingerprint density at radius 1 is 1.20 bits per heavy atom. The Balaban J connectivity index is 1.76. The average Bonchev–Trinajstić information content (AvgIpc) is 3.06. The van der Waals surface area contributed by atoms with Crippen molar-refractivity contribution >= 4 is 5.91 Å². The molecule has 0 bridgehead atoms. The van der Waals surface area contributed by atoms with Crippen LogP contribution in [0.4, 0.5) is 4.39 Å². The number of amides is 1. The summed E-state index contributed by atoms with van der Waals surface area (Å²) < 4.78 is 13.3. The van der Waals surface area contributed by atoms with Crippen LogP contribution >= 0.6 is 0 Å². The van der Waals surface area contributed by atoms with Crippen molar-refractivity contribution in [3.05, 3.63) is 71.3 Å². The van der Waals surface area contributed by atoms with Gasteiger partial charge in [0.2, 0.25) is 0 Å². The van der Waals surface area contributed by atoms with Gasteiger partial charge in [-0.3, -0.25) is 9.89 Å². The maximum absolute atomic E-state index is 13.3. The summed E-state index contributed by atoms with van der Waals surface area (Å²) in [5, 5.41) is 6.91. The number of rotatable bonds is 5. The largest absolute Gasteiger partial charge is 0.335 e. The smallest absolute Gasteiger partial charge is 0.254 e. The standard InChI is InChI=1S/C19H19FN4O/c1-3-24(12-14-5-4-6-17(20)11-14)19(25)16-9-7-15(8-10-16)18-21-13(2)22-23-18/h4-11H,3,12H2,1-2H3,(H,21,22,23). The third-order valence-corrected chi connectivity index (χ3v) is 3.92. The normalized spacial score (nSPS) is 10.7. The zero-order chi connectivity index (χ0) is 17.8. The van der Waals surface area contributed by atoms with E-state index in [4.69, 9.17) is 0 Å². The van der Waals surface area contributed by atoms with Crippen molar-refractivity contribution in [1.29, 1.82) is 0 Å². The number of nitrogens with zero attached hydrogens (tertiary/aromatic N) is 3. The van der Waals surface area contributed by atoms with Crippen LogP contribution in [0.3, 0.4) is 0 Å². The van der Waals surface area contributed by atoms with Crippen LogP contribution < -0.4 is 0 Å². The first kappa shape index (κ1) is 16.8. The van der Waals surface area contributed by atoms with E-state index >= 15 is 0 Å². The van der Waals surface area contributed by atoms with E-state index < -0.39 is 0 Å². The van der Waals surface area contributed by atoms with Crippen molar-refractivity contribution in [1.82, 2.24) is 20.1 Å². The second kappa shape index (κ2) is 7.25. The topological polar surface area (TPSA) is 61.9 Å². The van der Waals surface area contributed by atoms with Crippen LogP contribution in [-0.4, -0.2) is 32.5 Å². The molecule has 2 aromatic carbocycles. The molecule has 0 aliphatic rings. The molecule has 6 heteroatoms. The van der Waals surface area contributed by atoms with Gasteiger partial charge in [-0.25, -0.2) is 9.37 Å². The van der Waals surface area contributed by atoms with E-state index in [1.807, 2.05) is 32.0 Å². The Bertz CT molecular complexity index is 873. The lowest BCUT2D eigenvalue weighted by Gasteiger charge is -2.21. The Kier molecular flexibility index (Phi) is 4.88. The second-order valence-electron chi connectivity index (χ2n) is 5.77. The lowest BCUT2D eigenvalue weighted by Crippen LogP contribution is -2.30. The van der Waals surface area contributed by atoms with Gasteiger partial charge in [-0.05, 0) is 43.7 Å². The zero-order valence-electron chi connectivity index (χ0n) is 14.2. The van der Waals surface area contributed by atoms with Crippen LogP contribution in [0.2, 0.25) is 0 Å². The van der Waals surface area contributed by atoms with Gasteiger partial charge in [0.1, 0.15) is 11.6 Å². The molecule has 0 fully saturated rings. The molecule has 1 heterocycles. The second-order valence-corrected chi connectivity index (χ2v) is 5.77. The summed E-state index contributed by atoms with van der Waals surface area (Å²) in [7, 11) is 0. The number of nitrogens with one attached hydrogen (secondary N) is 1. The fourth-order valence-electron chi connectivity index (χ4n) is 2.60. The lowest BCUT2D eigenvalue weighted by molar-refractivity contribution is 0.0752. The van der Waals surface area contributed by atoms with Gasteiger partial charge >= 0.3 is 0 Å². The Labute approximate surface area is 145 Å². The predicted octanol–water partition coefficient (Wildman–Crippen LogP) is 3.58. The lowest BCUT2D eigenvalue weighted by atomic mass is 10.1. The molecule has 1 N–H and O–H groups in total. The molecule has 0 atom stereocenters. The third kappa shape index (κ3) is 3.91. The number of halogens is 1. The Morgan fingerprint density at radius 3 is 2.56 bits per heavy atom. The molecule has 0 unspecified atom stereocenters. The van der Waals surface area contributed by atoms with Crippen molar-refractivity contribution in [2.75, 3.05) is 6.54 Å². The third-order valence-electron chi connectivity index (χ3n) is 3.92. The molecule has 0 radical (unpaired) electrons. The van der Waals surface area contributed by atoms with Gasteiger partial charge in [0, 0.05) is 24.2 Å². The fourth-order valence-corrected chi connectivity index (χ4v) is 2.60. The molecule has 0 aliphatic heterocycles. The highest BCUT2D eigenvalue weighted by molar-refractivity contribution is 5.94. The van der Waals surface area contributed by atoms with Crippen molar-refractivity contribution in [3.63, 3.8) is 0 Å². The van der Waals surface area contributed by atoms with Crippen molar-refractivity contribution in [2.45, 2.75) is 20.4 Å². The summed E-state index contributed by atoms with van der Waals surface area (Å²) in [6.45, 7) is 4.65. The first-order chi connectivity index (χ1) is 12.1. The first-order valence-corrected chi connectivity index (χ1v) is 8.10. The molecule has 1 amide bonds. The van der Waals surface area contributed by atoms with Crippen LogP contribution in [0.15, 0.2) is 48.5 Å². The number of carbonyl (C=O) groups excluding carboxylic acids is 1. The molecular formula is C19H19FN4O. The predicted molar refractivity (Wildman–Crippen MR) is 93.4 cm³/mol. The molecule has 25 heavy (non-hydrogen) atoms. The number of aromatic amines is 1. The maximum Gasteiger partial charge on any atom is 0.254 e. The number of H-pyrrole nitrogens is 1. The van der Waals surface area contributed by atoms with Gasteiger partial charge in [-0.2, -0.15) is 5.10 Å². The molecule has 0 saturated heterocycles. The maximum atomic E-state index is 13.3. The highest BCUT2D eigenvalue weighted by Gasteiger charge is 2.15. The van der Waals surface area contributed by atoms with E-state index in [9.17, 15) is 9.18 Å². The van der Waals surface area contributed by atoms with Gasteiger partial charge < -0.3 is 4.90 Å². The number of hydrogen-bond donors (Lipinski definition) is 1. The van der Waals surface area contributed by atoms with E-state index in [0.717, 1.165) is 17.0 Å². The zero-order valence-corrected chi connectivity index (χ0v) is 14.2. The molecule has 3 rings (SSSR count). The number of aromatic nitrogens is 3. The van der Waals surface area contributed by atoms with Gasteiger partial charge in [-0.1, -0.05) is 24.3 Å². The number of carbonyl (C=O) groups is 1. The number of benzene rings is 2. The molecule has 1 aromatic heterocycles. The van der Waals surface area contributed by atoms with E-state index in [2.05, 4.69) is 15.2 Å². The van der Waals surface area contributed by atoms with Crippen LogP contribution in [0.5, 0.6) is 0 Å². The molecule has 0 aliphatic carbocycles. The summed E-state index contributed by atoms with van der Waals surface area (Å²) in [5.74, 6) is 0.947. The van der Waals surface area contributed by atoms with Gasteiger partial charge in [0.05, 0.1) is 0 Å². The number of hydrogen-bond acceptors (Lipinski definition) is 3. The van der Waals surface area contributed by atoms with Crippen molar-refractivity contribution < 1.29 is 9.18 Å². The minimum atomic E-state index is -0.299. The van der Waals surface area contributed by atoms with Crippen LogP contribution in [0, 0.1) is 12.7 Å². The molecule has 0 saturated carbocycles. The van der Waals surface area contributed by atoms with Gasteiger partial charge in [0.25, 0.3) is 5.91 Å². The Morgan fingerprint density at radius 2 is 1.96 bits per heavy atom. The van der Waals surface area contributed by atoms with Gasteiger partial charge in [-0.15, -0.1) is 0 Å². The quantitative estimate of drug-likeness (QED) is 0.773. The summed E-state index contributed by atoms with van der Waals surface area (Å²) in [6, 6.07) is 13.5. The summed E-state index contributed by atoms with van der Waals surface area (Å²) in [4.78, 5) is 18.7. The molecule has 128 valence electrons. The minimum Gasteiger partial charge on any atom is -0.335 e. The van der Waals surface area contributed by atoms with E-state index in [1.165, 1.54) is 12.1 Å². The van der Waals surface area contributed by atoms with Gasteiger partial charge in [0.15, 0.2) is 5.82 Å². The van der Waals surface area contributed by atoms with E-state index in [1.54, 1.807) is 23.1 Å². The van der Waals surface area contributed by atoms with Crippen LogP contribution in [0.25, 0.3) is 11.4 Å². The minimum absolute atomic E-state index is 0.0931. The number of aryl methyl sites for hydroxylation is 1. The highest BCUT2D eigenvalue weighted by atomic mass is 19.1. The van der Waals surface area contributed by atoms with E-state index in [-0.39, 0.29) is 11.7 Å². The molecule has 0 spiro atoms. The van der Waals surface area contributed by atoms with Crippen molar-refractivity contribution in [2.24, 2.45) is 0 Å². The summed E-state index contributed by atoms with van der Waals surface area (Å²) in [5.41, 5.74) is 2.19. The monoisotopic (exact) mass is 338 g/mol. The Hall–Kier alpha value is -3.02. The fraction of sp³-hybridized carbons (Fsp3) is 0.211. The van der Waals surface area contributed by atoms with Crippen LogP contribution in [0.1, 0.15) is 28.7 Å². The molecular weight excluding hydrogens is 319 g/mol. The van der Waals surface area contributed by atoms with Crippen molar-refractivity contribution in [3.8, 4) is 11.4 Å². The highest BCUT2D eigenvalue weighted by Crippen LogP contribution is 2.17. The van der Waals surface area contributed by atoms with Crippen LogP contribution in [-0.2, 0) is 6.54 Å². The first-order valence-electron chi connectivity index (χ1n) is 8.10. The molecule has 3 aromatic rings. The SMILES string of the molecule is CCN(Cc1cccc(F)c1)C(=O)c1ccc(-c2n[nH]c(C)n2)cc1.